The average molecular weight is 468 g/mol. The molecule has 2 aromatic carbocycles. The Bertz CT molecular complexity index is 1090. The van der Waals surface area contributed by atoms with Crippen molar-refractivity contribution in [2.24, 2.45) is 0 Å². The van der Waals surface area contributed by atoms with E-state index in [0.29, 0.717) is 6.42 Å². The SMILES string of the molecule is CC1=C(c2ccc(O)cc2)C(CCCC(C)(P(=O)(O)O)P(=O)(O)O)c2cc(O)ccc21. The highest BCUT2D eigenvalue weighted by molar-refractivity contribution is 7.72. The first-order chi connectivity index (χ1) is 14.3. The van der Waals surface area contributed by atoms with Crippen molar-refractivity contribution in [2.75, 3.05) is 0 Å². The van der Waals surface area contributed by atoms with Gasteiger partial charge >= 0.3 is 15.2 Å². The molecule has 0 saturated heterocycles. The molecular formula is C21H26O8P2. The van der Waals surface area contributed by atoms with Gasteiger partial charge in [0.05, 0.1) is 0 Å². The van der Waals surface area contributed by atoms with Gasteiger partial charge in [-0.25, -0.2) is 0 Å². The first-order valence-corrected chi connectivity index (χ1v) is 12.9. The Morgan fingerprint density at radius 2 is 1.45 bits per heavy atom. The Morgan fingerprint density at radius 1 is 0.903 bits per heavy atom. The molecule has 10 heteroatoms. The lowest BCUT2D eigenvalue weighted by molar-refractivity contribution is 0.305. The molecule has 6 N–H and O–H groups in total. The summed E-state index contributed by atoms with van der Waals surface area (Å²) < 4.78 is 23.8. The van der Waals surface area contributed by atoms with Crippen molar-refractivity contribution in [3.63, 3.8) is 0 Å². The fourth-order valence-corrected chi connectivity index (χ4v) is 6.46. The second kappa shape index (κ2) is 8.21. The van der Waals surface area contributed by atoms with Gasteiger partial charge in [0.2, 0.25) is 0 Å². The van der Waals surface area contributed by atoms with Crippen LogP contribution in [-0.4, -0.2) is 34.7 Å². The van der Waals surface area contributed by atoms with Gasteiger partial charge in [0.25, 0.3) is 0 Å². The molecule has 1 aliphatic rings. The van der Waals surface area contributed by atoms with Crippen LogP contribution in [0, 0.1) is 0 Å². The van der Waals surface area contributed by atoms with Crippen LogP contribution < -0.4 is 0 Å². The minimum Gasteiger partial charge on any atom is -0.508 e. The molecule has 0 heterocycles. The first-order valence-electron chi connectivity index (χ1n) is 9.71. The molecule has 0 aromatic heterocycles. The minimum absolute atomic E-state index is 0.0822. The van der Waals surface area contributed by atoms with Gasteiger partial charge in [-0.3, -0.25) is 9.13 Å². The van der Waals surface area contributed by atoms with E-state index in [2.05, 4.69) is 0 Å². The van der Waals surface area contributed by atoms with Crippen molar-refractivity contribution in [2.45, 2.75) is 43.9 Å². The molecule has 0 bridgehead atoms. The van der Waals surface area contributed by atoms with Crippen LogP contribution in [0.3, 0.4) is 0 Å². The monoisotopic (exact) mass is 468 g/mol. The number of phenolic OH excluding ortho intramolecular Hbond substituents is 2. The maximum Gasteiger partial charge on any atom is 0.343 e. The van der Waals surface area contributed by atoms with Gasteiger partial charge in [-0.15, -0.1) is 0 Å². The normalized spacial score (nSPS) is 17.2. The Kier molecular flexibility index (Phi) is 6.29. The number of benzene rings is 2. The van der Waals surface area contributed by atoms with Gasteiger partial charge in [0, 0.05) is 5.92 Å². The van der Waals surface area contributed by atoms with Gasteiger partial charge in [-0.05, 0) is 78.8 Å². The van der Waals surface area contributed by atoms with Gasteiger partial charge in [-0.1, -0.05) is 24.6 Å². The largest absolute Gasteiger partial charge is 0.508 e. The van der Waals surface area contributed by atoms with Crippen molar-refractivity contribution in [1.82, 2.24) is 0 Å². The summed E-state index contributed by atoms with van der Waals surface area (Å²) in [6, 6.07) is 11.7. The van der Waals surface area contributed by atoms with E-state index in [1.54, 1.807) is 42.5 Å². The van der Waals surface area contributed by atoms with Crippen LogP contribution >= 0.6 is 15.2 Å². The van der Waals surface area contributed by atoms with Crippen LogP contribution in [-0.2, 0) is 9.13 Å². The zero-order chi connectivity index (χ0) is 23.2. The van der Waals surface area contributed by atoms with Crippen LogP contribution in [0.5, 0.6) is 11.5 Å². The van der Waals surface area contributed by atoms with E-state index in [1.807, 2.05) is 6.92 Å². The highest BCUT2D eigenvalue weighted by atomic mass is 31.2. The number of allylic oxidation sites excluding steroid dienone is 2. The molecular weight excluding hydrogens is 442 g/mol. The van der Waals surface area contributed by atoms with Crippen LogP contribution in [0.2, 0.25) is 0 Å². The Hall–Kier alpha value is -1.92. The van der Waals surface area contributed by atoms with Crippen LogP contribution in [0.1, 0.15) is 55.7 Å². The third kappa shape index (κ3) is 4.37. The van der Waals surface area contributed by atoms with E-state index < -0.39 is 20.1 Å². The van der Waals surface area contributed by atoms with Crippen molar-refractivity contribution < 1.29 is 38.9 Å². The number of fused-ring (bicyclic) bond motifs is 1. The molecule has 0 saturated carbocycles. The highest BCUT2D eigenvalue weighted by Gasteiger charge is 2.55. The van der Waals surface area contributed by atoms with E-state index in [0.717, 1.165) is 34.8 Å². The first kappa shape index (κ1) is 23.7. The molecule has 8 nitrogen and oxygen atoms in total. The van der Waals surface area contributed by atoms with Crippen LogP contribution in [0.4, 0.5) is 0 Å². The summed E-state index contributed by atoms with van der Waals surface area (Å²) in [5.41, 5.74) is 4.53. The second-order valence-electron chi connectivity index (χ2n) is 8.11. The van der Waals surface area contributed by atoms with Crippen molar-refractivity contribution >= 4 is 26.3 Å². The van der Waals surface area contributed by atoms with E-state index in [4.69, 9.17) is 0 Å². The van der Waals surface area contributed by atoms with E-state index >= 15 is 0 Å². The van der Waals surface area contributed by atoms with E-state index in [1.165, 1.54) is 0 Å². The smallest absolute Gasteiger partial charge is 0.343 e. The van der Waals surface area contributed by atoms with Gasteiger partial charge in [0.15, 0.2) is 4.90 Å². The topological polar surface area (TPSA) is 156 Å². The summed E-state index contributed by atoms with van der Waals surface area (Å²) in [5.74, 6) is -0.0472. The number of rotatable bonds is 7. The second-order valence-corrected chi connectivity index (χ2v) is 12.6. The fourth-order valence-electron chi connectivity index (χ4n) is 4.20. The Labute approximate surface area is 180 Å². The number of aromatic hydroxyl groups is 2. The molecule has 31 heavy (non-hydrogen) atoms. The van der Waals surface area contributed by atoms with Gasteiger partial charge in [0.1, 0.15) is 11.5 Å². The number of phenols is 2. The van der Waals surface area contributed by atoms with Crippen molar-refractivity contribution in [1.29, 1.82) is 0 Å². The third-order valence-corrected chi connectivity index (χ3v) is 10.7. The van der Waals surface area contributed by atoms with Gasteiger partial charge < -0.3 is 29.8 Å². The molecule has 3 rings (SSSR count). The summed E-state index contributed by atoms with van der Waals surface area (Å²) in [7, 11) is -10.2. The minimum atomic E-state index is -5.08. The third-order valence-electron chi connectivity index (χ3n) is 6.14. The zero-order valence-electron chi connectivity index (χ0n) is 17.1. The van der Waals surface area contributed by atoms with E-state index in [9.17, 15) is 38.9 Å². The Balaban J connectivity index is 1.96. The maximum atomic E-state index is 11.9. The fraction of sp³-hybridized carbons (Fsp3) is 0.333. The molecule has 0 radical (unpaired) electrons. The highest BCUT2D eigenvalue weighted by Crippen LogP contribution is 2.71. The molecule has 0 aliphatic heterocycles. The summed E-state index contributed by atoms with van der Waals surface area (Å²) in [6.45, 7) is 2.86. The summed E-state index contributed by atoms with van der Waals surface area (Å²) in [4.78, 5) is 36.0. The van der Waals surface area contributed by atoms with Gasteiger partial charge in [-0.2, -0.15) is 0 Å². The molecule has 1 aliphatic carbocycles. The zero-order valence-corrected chi connectivity index (χ0v) is 18.9. The summed E-state index contributed by atoms with van der Waals surface area (Å²) in [6.07, 6.45) is 0.134. The molecule has 1 unspecified atom stereocenters. The lowest BCUT2D eigenvalue weighted by Gasteiger charge is -2.31. The van der Waals surface area contributed by atoms with E-state index in [-0.39, 0.29) is 30.3 Å². The lowest BCUT2D eigenvalue weighted by atomic mass is 9.86. The molecule has 2 aromatic rings. The number of hydrogen-bond acceptors (Lipinski definition) is 4. The average Bonchev–Trinajstić information content (AvgIpc) is 2.92. The van der Waals surface area contributed by atoms with Crippen LogP contribution in [0.25, 0.3) is 11.1 Å². The van der Waals surface area contributed by atoms with Crippen LogP contribution in [0.15, 0.2) is 42.5 Å². The Morgan fingerprint density at radius 3 is 2.00 bits per heavy atom. The predicted molar refractivity (Wildman–Crippen MR) is 118 cm³/mol. The standard InChI is InChI=1S/C21H26O8P2/c1-13-17-10-9-16(23)12-19(17)18(20(13)14-5-7-15(22)8-6-14)4-3-11-21(2,30(24,25)26)31(27,28)29/h5-10,12,18,22-23H,3-4,11H2,1-2H3,(H2,24,25,26)(H2,27,28,29). The van der Waals surface area contributed by atoms with Crippen molar-refractivity contribution in [3.05, 3.63) is 59.2 Å². The molecule has 0 spiro atoms. The predicted octanol–water partition coefficient (Wildman–Crippen LogP) is 4.37. The molecule has 0 amide bonds. The summed E-state index contributed by atoms with van der Waals surface area (Å²) >= 11 is 0. The maximum absolute atomic E-state index is 11.9. The number of hydrogen-bond donors (Lipinski definition) is 6. The van der Waals surface area contributed by atoms with Crippen molar-refractivity contribution in [3.8, 4) is 11.5 Å². The molecule has 0 fully saturated rings. The molecule has 1 atom stereocenters. The molecule has 168 valence electrons. The quantitative estimate of drug-likeness (QED) is 0.327. The summed E-state index contributed by atoms with van der Waals surface area (Å²) in [5, 5.41) is 19.6. The lowest BCUT2D eigenvalue weighted by Crippen LogP contribution is -2.25.